The Hall–Kier alpha value is -1.43. The number of hydrogen-bond acceptors (Lipinski definition) is 3. The standard InChI is InChI=1S/C11H9BrFNO4S/c1-2-3-10(11(15)16)14-19(17,18)7-4-5-8(12)9(13)6-7/h1,4-6,10,14H,3H2,(H,15,16). The Morgan fingerprint density at radius 1 is 1.58 bits per heavy atom. The van der Waals surface area contributed by atoms with Crippen molar-refractivity contribution in [3.05, 3.63) is 28.5 Å². The number of carboxylic acid groups (broad SMARTS) is 1. The second-order valence-electron chi connectivity index (χ2n) is 3.50. The Morgan fingerprint density at radius 2 is 2.21 bits per heavy atom. The molecule has 8 heteroatoms. The van der Waals surface area contributed by atoms with E-state index in [9.17, 15) is 17.6 Å². The fourth-order valence-electron chi connectivity index (χ4n) is 1.20. The van der Waals surface area contributed by atoms with Crippen LogP contribution in [0.4, 0.5) is 4.39 Å². The van der Waals surface area contributed by atoms with Gasteiger partial charge in [-0.1, -0.05) is 0 Å². The number of sulfonamides is 1. The molecule has 0 aliphatic carbocycles. The number of rotatable bonds is 5. The Morgan fingerprint density at radius 3 is 2.68 bits per heavy atom. The second kappa shape index (κ2) is 6.14. The summed E-state index contributed by atoms with van der Waals surface area (Å²) >= 11 is 2.88. The van der Waals surface area contributed by atoms with Gasteiger partial charge < -0.3 is 5.11 Å². The van der Waals surface area contributed by atoms with E-state index in [0.717, 1.165) is 12.1 Å². The van der Waals surface area contributed by atoms with Crippen molar-refractivity contribution in [3.8, 4) is 12.3 Å². The van der Waals surface area contributed by atoms with Gasteiger partial charge in [0.2, 0.25) is 10.0 Å². The topological polar surface area (TPSA) is 83.5 Å². The van der Waals surface area contributed by atoms with Crippen LogP contribution in [0.5, 0.6) is 0 Å². The molecule has 0 aliphatic heterocycles. The smallest absolute Gasteiger partial charge is 0.322 e. The van der Waals surface area contributed by atoms with E-state index in [1.807, 2.05) is 4.72 Å². The molecule has 0 heterocycles. The minimum atomic E-state index is -4.15. The predicted octanol–water partition coefficient (Wildman–Crippen LogP) is 1.34. The zero-order valence-electron chi connectivity index (χ0n) is 9.43. The van der Waals surface area contributed by atoms with Crippen molar-refractivity contribution < 1.29 is 22.7 Å². The maximum atomic E-state index is 13.3. The van der Waals surface area contributed by atoms with Crippen molar-refractivity contribution in [2.24, 2.45) is 0 Å². The van der Waals surface area contributed by atoms with Gasteiger partial charge in [0.1, 0.15) is 11.9 Å². The van der Waals surface area contributed by atoms with Gasteiger partial charge in [-0.3, -0.25) is 4.79 Å². The second-order valence-corrected chi connectivity index (χ2v) is 6.06. The molecule has 1 aromatic carbocycles. The SMILES string of the molecule is C#CCC(NS(=O)(=O)c1ccc(Br)c(F)c1)C(=O)O. The third-order valence-electron chi connectivity index (χ3n) is 2.12. The number of carboxylic acids is 1. The zero-order chi connectivity index (χ0) is 14.6. The number of halogens is 2. The predicted molar refractivity (Wildman–Crippen MR) is 69.3 cm³/mol. The van der Waals surface area contributed by atoms with Crippen LogP contribution in [0.25, 0.3) is 0 Å². The lowest BCUT2D eigenvalue weighted by Crippen LogP contribution is -2.40. The fraction of sp³-hybridized carbons (Fsp3) is 0.182. The maximum absolute atomic E-state index is 13.3. The highest BCUT2D eigenvalue weighted by Gasteiger charge is 2.25. The van der Waals surface area contributed by atoms with E-state index >= 15 is 0 Å². The van der Waals surface area contributed by atoms with Gasteiger partial charge in [0, 0.05) is 6.42 Å². The highest BCUT2D eigenvalue weighted by molar-refractivity contribution is 9.10. The maximum Gasteiger partial charge on any atom is 0.322 e. The Bertz CT molecular complexity index is 639. The molecule has 0 spiro atoms. The van der Waals surface area contributed by atoms with E-state index in [4.69, 9.17) is 11.5 Å². The molecule has 0 fully saturated rings. The van der Waals surface area contributed by atoms with Crippen molar-refractivity contribution in [2.75, 3.05) is 0 Å². The lowest BCUT2D eigenvalue weighted by atomic mass is 10.2. The number of terminal acetylenes is 1. The first-order valence-corrected chi connectivity index (χ1v) is 7.19. The summed E-state index contributed by atoms with van der Waals surface area (Å²) in [6.45, 7) is 0. The quantitative estimate of drug-likeness (QED) is 0.786. The highest BCUT2D eigenvalue weighted by Crippen LogP contribution is 2.19. The number of benzene rings is 1. The molecule has 0 amide bonds. The first kappa shape index (κ1) is 15.6. The largest absolute Gasteiger partial charge is 0.480 e. The third kappa shape index (κ3) is 4.02. The van der Waals surface area contributed by atoms with Gasteiger partial charge in [-0.2, -0.15) is 4.72 Å². The monoisotopic (exact) mass is 349 g/mol. The summed E-state index contributed by atoms with van der Waals surface area (Å²) < 4.78 is 39.0. The summed E-state index contributed by atoms with van der Waals surface area (Å²) in [6, 6.07) is 1.67. The van der Waals surface area contributed by atoms with Crippen LogP contribution in [0.1, 0.15) is 6.42 Å². The summed E-state index contributed by atoms with van der Waals surface area (Å²) in [5.41, 5.74) is 0. The van der Waals surface area contributed by atoms with E-state index in [-0.39, 0.29) is 15.8 Å². The number of carbonyl (C=O) groups is 1. The molecule has 0 aromatic heterocycles. The molecule has 1 rings (SSSR count). The molecule has 2 N–H and O–H groups in total. The van der Waals surface area contributed by atoms with Gasteiger partial charge in [-0.25, -0.2) is 12.8 Å². The lowest BCUT2D eigenvalue weighted by Gasteiger charge is -2.12. The number of nitrogens with one attached hydrogen (secondary N) is 1. The minimum absolute atomic E-state index is 0.102. The first-order chi connectivity index (χ1) is 8.77. The number of hydrogen-bond donors (Lipinski definition) is 2. The minimum Gasteiger partial charge on any atom is -0.480 e. The lowest BCUT2D eigenvalue weighted by molar-refractivity contribution is -0.138. The van der Waals surface area contributed by atoms with Gasteiger partial charge >= 0.3 is 5.97 Å². The van der Waals surface area contributed by atoms with Crippen molar-refractivity contribution in [1.29, 1.82) is 0 Å². The molecular formula is C11H9BrFNO4S. The van der Waals surface area contributed by atoms with Crippen molar-refractivity contribution in [2.45, 2.75) is 17.4 Å². The summed E-state index contributed by atoms with van der Waals surface area (Å²) in [5.74, 6) is -0.121. The average molecular weight is 350 g/mol. The van der Waals surface area contributed by atoms with Crippen LogP contribution in [0.2, 0.25) is 0 Å². The summed E-state index contributed by atoms with van der Waals surface area (Å²) in [7, 11) is -4.15. The molecule has 1 atom stereocenters. The highest BCUT2D eigenvalue weighted by atomic mass is 79.9. The molecule has 102 valence electrons. The Kier molecular flexibility index (Phi) is 5.05. The van der Waals surface area contributed by atoms with E-state index in [2.05, 4.69) is 21.9 Å². The van der Waals surface area contributed by atoms with E-state index in [1.165, 1.54) is 6.07 Å². The summed E-state index contributed by atoms with van der Waals surface area (Å²) in [6.07, 6.45) is 4.64. The Labute approximate surface area is 118 Å². The molecule has 0 saturated carbocycles. The van der Waals surface area contributed by atoms with Gasteiger partial charge in [-0.05, 0) is 34.1 Å². The molecule has 1 unspecified atom stereocenters. The van der Waals surface area contributed by atoms with Crippen LogP contribution >= 0.6 is 15.9 Å². The van der Waals surface area contributed by atoms with Crippen LogP contribution in [-0.4, -0.2) is 25.5 Å². The molecule has 0 saturated heterocycles. The van der Waals surface area contributed by atoms with Crippen molar-refractivity contribution >= 4 is 31.9 Å². The van der Waals surface area contributed by atoms with Gasteiger partial charge in [0.25, 0.3) is 0 Å². The van der Waals surface area contributed by atoms with E-state index < -0.39 is 27.9 Å². The van der Waals surface area contributed by atoms with Gasteiger partial charge in [0.05, 0.1) is 9.37 Å². The van der Waals surface area contributed by atoms with Crippen LogP contribution in [0.15, 0.2) is 27.6 Å². The van der Waals surface area contributed by atoms with Gasteiger partial charge in [-0.15, -0.1) is 12.3 Å². The van der Waals surface area contributed by atoms with Gasteiger partial charge in [0.15, 0.2) is 0 Å². The zero-order valence-corrected chi connectivity index (χ0v) is 11.8. The molecule has 1 aromatic rings. The van der Waals surface area contributed by atoms with Crippen LogP contribution < -0.4 is 4.72 Å². The Balaban J connectivity index is 3.07. The fourth-order valence-corrected chi connectivity index (χ4v) is 2.64. The summed E-state index contributed by atoms with van der Waals surface area (Å²) in [4.78, 5) is 10.4. The normalized spacial score (nSPS) is 12.7. The number of aliphatic carboxylic acids is 1. The molecule has 0 aliphatic rings. The summed E-state index contributed by atoms with van der Waals surface area (Å²) in [5, 5.41) is 8.81. The van der Waals surface area contributed by atoms with Crippen LogP contribution in [0, 0.1) is 18.2 Å². The first-order valence-electron chi connectivity index (χ1n) is 4.91. The molecule has 5 nitrogen and oxygen atoms in total. The van der Waals surface area contributed by atoms with Crippen molar-refractivity contribution in [1.82, 2.24) is 4.72 Å². The third-order valence-corrected chi connectivity index (χ3v) is 4.23. The molecule has 0 radical (unpaired) electrons. The molecule has 19 heavy (non-hydrogen) atoms. The van der Waals surface area contributed by atoms with Crippen LogP contribution in [0.3, 0.4) is 0 Å². The van der Waals surface area contributed by atoms with E-state index in [1.54, 1.807) is 0 Å². The average Bonchev–Trinajstić information content (AvgIpc) is 2.31. The van der Waals surface area contributed by atoms with Crippen molar-refractivity contribution in [3.63, 3.8) is 0 Å². The molecule has 0 bridgehead atoms. The molecular weight excluding hydrogens is 341 g/mol. The van der Waals surface area contributed by atoms with Crippen LogP contribution in [-0.2, 0) is 14.8 Å². The van der Waals surface area contributed by atoms with E-state index in [0.29, 0.717) is 0 Å².